The van der Waals surface area contributed by atoms with E-state index in [1.807, 2.05) is 0 Å². The minimum Gasteiger partial charge on any atom is -0.544 e. The highest BCUT2D eigenvalue weighted by atomic mass is 16.6. The van der Waals surface area contributed by atoms with E-state index < -0.39 is 18.1 Å². The Hall–Kier alpha value is -3.49. The number of nitrogens with zero attached hydrogens (tertiary/aromatic N) is 1. The van der Waals surface area contributed by atoms with Crippen LogP contribution in [0.5, 0.6) is 0 Å². The van der Waals surface area contributed by atoms with E-state index >= 15 is 0 Å². The number of carbonyl (C=O) groups excluding carboxylic acids is 3. The zero-order chi connectivity index (χ0) is 39.3. The lowest BCUT2D eigenvalue weighted by molar-refractivity contribution is -0.889. The van der Waals surface area contributed by atoms with E-state index in [2.05, 4.69) is 98.9 Å². The number of carboxylic acid groups (broad SMARTS) is 1. The maximum absolute atomic E-state index is 12.6. The van der Waals surface area contributed by atoms with E-state index in [1.165, 1.54) is 25.7 Å². The molecule has 0 rings (SSSR count). The van der Waals surface area contributed by atoms with Crippen LogP contribution in [-0.2, 0) is 28.6 Å². The van der Waals surface area contributed by atoms with Crippen LogP contribution in [0.3, 0.4) is 0 Å². The van der Waals surface area contributed by atoms with Crippen LogP contribution in [-0.4, -0.2) is 75.5 Å². The van der Waals surface area contributed by atoms with E-state index in [4.69, 9.17) is 14.2 Å². The first kappa shape index (κ1) is 49.5. The van der Waals surface area contributed by atoms with Gasteiger partial charge < -0.3 is 28.6 Å². The second kappa shape index (κ2) is 35.5. The number of rotatable bonds is 34. The molecule has 0 aromatic carbocycles. The Morgan fingerprint density at radius 2 is 1.06 bits per heavy atom. The highest BCUT2D eigenvalue weighted by Gasteiger charge is 2.25. The number of hydrogen-bond donors (Lipinski definition) is 0. The van der Waals surface area contributed by atoms with Crippen molar-refractivity contribution in [2.45, 2.75) is 142 Å². The van der Waals surface area contributed by atoms with Gasteiger partial charge in [-0.3, -0.25) is 9.59 Å². The fourth-order valence-corrected chi connectivity index (χ4v) is 5.14. The van der Waals surface area contributed by atoms with Gasteiger partial charge in [-0.1, -0.05) is 118 Å². The van der Waals surface area contributed by atoms with Crippen molar-refractivity contribution in [1.82, 2.24) is 0 Å². The summed E-state index contributed by atoms with van der Waals surface area (Å²) in [6, 6.07) is -0.741. The summed E-state index contributed by atoms with van der Waals surface area (Å²) in [6.45, 7) is 4.38. The number of aliphatic carboxylic acids is 1. The van der Waals surface area contributed by atoms with E-state index in [0.717, 1.165) is 57.8 Å². The smallest absolute Gasteiger partial charge is 0.306 e. The van der Waals surface area contributed by atoms with Gasteiger partial charge in [0.1, 0.15) is 12.6 Å². The number of hydrogen-bond acceptors (Lipinski definition) is 7. The third-order valence-corrected chi connectivity index (χ3v) is 8.27. The number of ether oxygens (including phenoxy) is 3. The van der Waals surface area contributed by atoms with Crippen LogP contribution >= 0.6 is 0 Å². The topological polar surface area (TPSA) is 102 Å². The van der Waals surface area contributed by atoms with Crippen molar-refractivity contribution >= 4 is 17.9 Å². The number of unbranched alkanes of at least 4 members (excludes halogenated alkanes) is 6. The van der Waals surface area contributed by atoms with Crippen molar-refractivity contribution in [2.75, 3.05) is 41.0 Å². The highest BCUT2D eigenvalue weighted by molar-refractivity contribution is 5.70. The molecule has 0 spiro atoms. The predicted molar refractivity (Wildman–Crippen MR) is 217 cm³/mol. The van der Waals surface area contributed by atoms with Gasteiger partial charge in [-0.05, 0) is 77.0 Å². The molecule has 0 aromatic rings. The average Bonchev–Trinajstić information content (AvgIpc) is 3.11. The molecule has 0 saturated carbocycles. The van der Waals surface area contributed by atoms with Gasteiger partial charge in [0.2, 0.25) is 0 Å². The number of carbonyl (C=O) groups is 3. The minimum atomic E-state index is -1.14. The van der Waals surface area contributed by atoms with Crippen molar-refractivity contribution in [1.29, 1.82) is 0 Å². The largest absolute Gasteiger partial charge is 0.544 e. The van der Waals surface area contributed by atoms with Crippen LogP contribution in [0.15, 0.2) is 85.1 Å². The molecule has 2 unspecified atom stereocenters. The first-order valence-corrected chi connectivity index (χ1v) is 20.1. The summed E-state index contributed by atoms with van der Waals surface area (Å²) in [5, 5.41) is 11.6. The van der Waals surface area contributed by atoms with E-state index in [1.54, 1.807) is 21.1 Å². The lowest BCUT2D eigenvalue weighted by atomic mass is 10.1. The minimum absolute atomic E-state index is 0.00608. The Kier molecular flexibility index (Phi) is 33.2. The summed E-state index contributed by atoms with van der Waals surface area (Å²) in [5.41, 5.74) is 0. The third-order valence-electron chi connectivity index (χ3n) is 8.27. The van der Waals surface area contributed by atoms with Crippen molar-refractivity contribution in [2.24, 2.45) is 0 Å². The molecule has 0 aliphatic rings. The molecular formula is C45H73NO7. The zero-order valence-electron chi connectivity index (χ0n) is 33.9. The van der Waals surface area contributed by atoms with Gasteiger partial charge in [0, 0.05) is 19.3 Å². The summed E-state index contributed by atoms with van der Waals surface area (Å²) in [7, 11) is 5.36. The fraction of sp³-hybridized carbons (Fsp3) is 0.622. The van der Waals surface area contributed by atoms with Crippen molar-refractivity contribution < 1.29 is 38.2 Å². The lowest BCUT2D eigenvalue weighted by Crippen LogP contribution is -2.55. The molecule has 0 aliphatic carbocycles. The molecule has 0 heterocycles. The second-order valence-electron chi connectivity index (χ2n) is 14.1. The molecule has 0 radical (unpaired) electrons. The van der Waals surface area contributed by atoms with Crippen LogP contribution in [0.1, 0.15) is 129 Å². The number of allylic oxidation sites excluding steroid dienone is 14. The van der Waals surface area contributed by atoms with Gasteiger partial charge in [0.15, 0.2) is 6.10 Å². The Morgan fingerprint density at radius 1 is 0.585 bits per heavy atom. The van der Waals surface area contributed by atoms with Crippen LogP contribution in [0.2, 0.25) is 0 Å². The number of esters is 2. The van der Waals surface area contributed by atoms with Gasteiger partial charge in [-0.25, -0.2) is 0 Å². The van der Waals surface area contributed by atoms with Crippen molar-refractivity contribution in [3.05, 3.63) is 85.1 Å². The quantitative estimate of drug-likeness (QED) is 0.0281. The van der Waals surface area contributed by atoms with Crippen molar-refractivity contribution in [3.63, 3.8) is 0 Å². The molecule has 8 nitrogen and oxygen atoms in total. The van der Waals surface area contributed by atoms with Crippen LogP contribution in [0.25, 0.3) is 0 Å². The molecule has 0 N–H and O–H groups in total. The SMILES string of the molecule is CC/C=C/C/C=C/C/C=C/C/C=C/C/C=C/C/C=C/CCCC(=O)OCC(COCCC(C(=O)[O-])[N+](C)(C)C)OC(=O)CCC/C=C/CCCCCC. The average molecular weight is 740 g/mol. The van der Waals surface area contributed by atoms with Gasteiger partial charge in [-0.2, -0.15) is 0 Å². The Balaban J connectivity index is 4.47. The third kappa shape index (κ3) is 34.1. The summed E-state index contributed by atoms with van der Waals surface area (Å²) in [5.74, 6) is -1.87. The van der Waals surface area contributed by atoms with Crippen LogP contribution in [0, 0.1) is 0 Å². The Morgan fingerprint density at radius 3 is 1.55 bits per heavy atom. The van der Waals surface area contributed by atoms with Gasteiger partial charge in [0.05, 0.1) is 40.3 Å². The standard InChI is InChI=1S/C45H73NO7/c1-6-8-10-12-14-16-17-18-19-20-21-22-23-24-25-26-28-29-31-33-35-43(47)52-40-41(39-51-38-37-42(45(49)50)46(3,4)5)53-44(48)36-34-32-30-27-15-13-11-9-7-2/h8,10,14,16,18-19,21-22,24-25,27-30,41-42H,6-7,9,11-13,15,17,20,23,26,31-40H2,1-5H3/b10-8+,16-14+,19-18+,22-21+,25-24+,29-28+,30-27+. The van der Waals surface area contributed by atoms with Crippen LogP contribution < -0.4 is 5.11 Å². The fourth-order valence-electron chi connectivity index (χ4n) is 5.14. The van der Waals surface area contributed by atoms with E-state index in [9.17, 15) is 19.5 Å². The highest BCUT2D eigenvalue weighted by Crippen LogP contribution is 2.10. The van der Waals surface area contributed by atoms with Gasteiger partial charge >= 0.3 is 11.9 Å². The molecule has 0 saturated heterocycles. The first-order valence-electron chi connectivity index (χ1n) is 20.1. The predicted octanol–water partition coefficient (Wildman–Crippen LogP) is 9.24. The Bertz CT molecular complexity index is 1140. The lowest BCUT2D eigenvalue weighted by Gasteiger charge is -2.34. The number of carboxylic acids is 1. The second-order valence-corrected chi connectivity index (χ2v) is 14.1. The van der Waals surface area contributed by atoms with Gasteiger partial charge in [-0.15, -0.1) is 0 Å². The normalized spacial score (nSPS) is 13.9. The summed E-state index contributed by atoms with van der Waals surface area (Å²) < 4.78 is 17.0. The summed E-state index contributed by atoms with van der Waals surface area (Å²) in [4.78, 5) is 36.6. The molecular weight excluding hydrogens is 666 g/mol. The molecule has 2 atom stereocenters. The Labute approximate surface area is 323 Å². The first-order chi connectivity index (χ1) is 25.6. The molecule has 0 amide bonds. The number of quaternary nitrogens is 1. The summed E-state index contributed by atoms with van der Waals surface area (Å²) in [6.07, 6.45) is 44.9. The van der Waals surface area contributed by atoms with Gasteiger partial charge in [0.25, 0.3) is 0 Å². The molecule has 53 heavy (non-hydrogen) atoms. The molecule has 0 bridgehead atoms. The monoisotopic (exact) mass is 740 g/mol. The summed E-state index contributed by atoms with van der Waals surface area (Å²) >= 11 is 0. The maximum Gasteiger partial charge on any atom is 0.306 e. The van der Waals surface area contributed by atoms with Crippen molar-refractivity contribution in [3.8, 4) is 0 Å². The molecule has 8 heteroatoms. The molecule has 0 aliphatic heterocycles. The van der Waals surface area contributed by atoms with Crippen LogP contribution in [0.4, 0.5) is 0 Å². The molecule has 300 valence electrons. The molecule has 0 fully saturated rings. The van der Waals surface area contributed by atoms with E-state index in [0.29, 0.717) is 12.8 Å². The number of likely N-dealkylation sites (N-methyl/N-ethyl adjacent to an activating group) is 1. The zero-order valence-corrected chi connectivity index (χ0v) is 33.9. The maximum atomic E-state index is 12.6. The van der Waals surface area contributed by atoms with E-state index in [-0.39, 0.29) is 55.5 Å². The molecule has 0 aromatic heterocycles.